The number of carbonyl (C=O) groups is 1. The number of methoxy groups -OCH3 is 3. The van der Waals surface area contributed by atoms with Gasteiger partial charge in [-0.2, -0.15) is 0 Å². The number of thiophene rings is 1. The van der Waals surface area contributed by atoms with E-state index in [4.69, 9.17) is 14.2 Å². The van der Waals surface area contributed by atoms with E-state index >= 15 is 0 Å². The number of carbonyl (C=O) groups excluding carboxylic acids is 1. The van der Waals surface area contributed by atoms with Crippen molar-refractivity contribution >= 4 is 17.2 Å². The van der Waals surface area contributed by atoms with E-state index in [1.807, 2.05) is 4.90 Å². The number of rotatable bonds is 4. The normalized spacial score (nSPS) is 13.4. The lowest BCUT2D eigenvalue weighted by molar-refractivity contribution is 0.0731. The van der Waals surface area contributed by atoms with Crippen molar-refractivity contribution in [2.24, 2.45) is 0 Å². The highest BCUT2D eigenvalue weighted by molar-refractivity contribution is 7.10. The molecule has 2 heterocycles. The number of amides is 1. The summed E-state index contributed by atoms with van der Waals surface area (Å²) in [6.45, 7) is 1.35. The molecule has 1 aromatic heterocycles. The summed E-state index contributed by atoms with van der Waals surface area (Å²) < 4.78 is 16.1. The average molecular weight is 333 g/mol. The third-order valence-electron chi connectivity index (χ3n) is 4.03. The second-order valence-corrected chi connectivity index (χ2v) is 6.23. The third kappa shape index (κ3) is 2.74. The van der Waals surface area contributed by atoms with E-state index in [2.05, 4.69) is 11.4 Å². The summed E-state index contributed by atoms with van der Waals surface area (Å²) in [7, 11) is 4.62. The van der Waals surface area contributed by atoms with Crippen LogP contribution in [-0.4, -0.2) is 38.7 Å². The van der Waals surface area contributed by atoms with E-state index in [1.165, 1.54) is 24.7 Å². The van der Waals surface area contributed by atoms with Crippen molar-refractivity contribution in [3.8, 4) is 17.2 Å². The molecule has 0 radical (unpaired) electrons. The molecule has 1 aromatic carbocycles. The van der Waals surface area contributed by atoms with E-state index in [-0.39, 0.29) is 5.91 Å². The fourth-order valence-corrected chi connectivity index (χ4v) is 3.75. The van der Waals surface area contributed by atoms with E-state index in [0.29, 0.717) is 35.9 Å². The molecule has 1 aliphatic heterocycles. The highest BCUT2D eigenvalue weighted by Gasteiger charge is 2.27. The van der Waals surface area contributed by atoms with Crippen LogP contribution >= 0.6 is 11.3 Å². The maximum atomic E-state index is 12.9. The van der Waals surface area contributed by atoms with Crippen molar-refractivity contribution < 1.29 is 19.0 Å². The van der Waals surface area contributed by atoms with Crippen LogP contribution in [-0.2, 0) is 13.0 Å². The minimum Gasteiger partial charge on any atom is -0.493 e. The zero-order valence-electron chi connectivity index (χ0n) is 13.4. The molecule has 1 aliphatic rings. The van der Waals surface area contributed by atoms with Crippen LogP contribution < -0.4 is 14.2 Å². The summed E-state index contributed by atoms with van der Waals surface area (Å²) in [6, 6.07) is 5.55. The van der Waals surface area contributed by atoms with Gasteiger partial charge in [-0.1, -0.05) is 0 Å². The maximum Gasteiger partial charge on any atom is 0.258 e. The fraction of sp³-hybridized carbons (Fsp3) is 0.353. The Kier molecular flexibility index (Phi) is 4.43. The predicted octanol–water partition coefficient (Wildman–Crippen LogP) is 2.97. The van der Waals surface area contributed by atoms with Crippen LogP contribution in [0.2, 0.25) is 0 Å². The molecule has 2 aromatic rings. The number of benzene rings is 1. The first-order valence-corrected chi connectivity index (χ1v) is 8.21. The molecule has 0 unspecified atom stereocenters. The van der Waals surface area contributed by atoms with E-state index < -0.39 is 0 Å². The summed E-state index contributed by atoms with van der Waals surface area (Å²) in [4.78, 5) is 16.1. The average Bonchev–Trinajstić information content (AvgIpc) is 3.07. The zero-order valence-corrected chi connectivity index (χ0v) is 14.2. The van der Waals surface area contributed by atoms with Crippen molar-refractivity contribution in [1.82, 2.24) is 4.90 Å². The van der Waals surface area contributed by atoms with Crippen LogP contribution in [0.5, 0.6) is 17.2 Å². The number of hydrogen-bond acceptors (Lipinski definition) is 5. The second-order valence-electron chi connectivity index (χ2n) is 5.23. The first kappa shape index (κ1) is 15.7. The Labute approximate surface area is 139 Å². The molecule has 0 saturated heterocycles. The van der Waals surface area contributed by atoms with Gasteiger partial charge in [-0.3, -0.25) is 4.79 Å². The molecule has 3 rings (SSSR count). The Morgan fingerprint density at radius 3 is 2.57 bits per heavy atom. The topological polar surface area (TPSA) is 48.0 Å². The van der Waals surface area contributed by atoms with Crippen LogP contribution in [0.25, 0.3) is 0 Å². The van der Waals surface area contributed by atoms with Crippen molar-refractivity contribution in [1.29, 1.82) is 0 Å². The van der Waals surface area contributed by atoms with Crippen molar-refractivity contribution in [2.45, 2.75) is 13.0 Å². The molecule has 0 saturated carbocycles. The van der Waals surface area contributed by atoms with Crippen LogP contribution in [0.3, 0.4) is 0 Å². The fourth-order valence-electron chi connectivity index (χ4n) is 2.86. The highest BCUT2D eigenvalue weighted by atomic mass is 32.1. The Morgan fingerprint density at radius 1 is 1.09 bits per heavy atom. The smallest absolute Gasteiger partial charge is 0.258 e. The van der Waals surface area contributed by atoms with E-state index in [1.54, 1.807) is 30.6 Å². The van der Waals surface area contributed by atoms with Gasteiger partial charge in [0.25, 0.3) is 5.91 Å². The number of fused-ring (bicyclic) bond motifs is 1. The van der Waals surface area contributed by atoms with Gasteiger partial charge in [0.05, 0.1) is 26.9 Å². The summed E-state index contributed by atoms with van der Waals surface area (Å²) in [5.74, 6) is 1.33. The van der Waals surface area contributed by atoms with Crippen LogP contribution in [0.4, 0.5) is 0 Å². The Hall–Kier alpha value is -2.21. The summed E-state index contributed by atoms with van der Waals surface area (Å²) in [5, 5.41) is 2.08. The molecule has 0 fully saturated rings. The van der Waals surface area contributed by atoms with Crippen LogP contribution in [0.15, 0.2) is 23.6 Å². The van der Waals surface area contributed by atoms with Gasteiger partial charge in [0, 0.05) is 18.0 Å². The SMILES string of the molecule is COc1ccc(C(=O)N2CCc3sccc3C2)c(OC)c1OC. The van der Waals surface area contributed by atoms with Crippen LogP contribution in [0.1, 0.15) is 20.8 Å². The molecular formula is C17H19NO4S. The van der Waals surface area contributed by atoms with Gasteiger partial charge < -0.3 is 19.1 Å². The molecule has 122 valence electrons. The van der Waals surface area contributed by atoms with Gasteiger partial charge >= 0.3 is 0 Å². The molecule has 0 N–H and O–H groups in total. The van der Waals surface area contributed by atoms with Crippen molar-refractivity contribution in [2.75, 3.05) is 27.9 Å². The lowest BCUT2D eigenvalue weighted by Crippen LogP contribution is -2.35. The van der Waals surface area contributed by atoms with E-state index in [9.17, 15) is 4.79 Å². The molecule has 0 bridgehead atoms. The second kappa shape index (κ2) is 6.50. The van der Waals surface area contributed by atoms with Gasteiger partial charge in [0.1, 0.15) is 0 Å². The maximum absolute atomic E-state index is 12.9. The molecule has 23 heavy (non-hydrogen) atoms. The highest BCUT2D eigenvalue weighted by Crippen LogP contribution is 2.40. The molecule has 0 spiro atoms. The Bertz CT molecular complexity index is 725. The monoisotopic (exact) mass is 333 g/mol. The molecule has 0 atom stereocenters. The molecule has 5 nitrogen and oxygen atoms in total. The molecular weight excluding hydrogens is 314 g/mol. The van der Waals surface area contributed by atoms with Crippen molar-refractivity contribution in [3.63, 3.8) is 0 Å². The Morgan fingerprint density at radius 2 is 1.87 bits per heavy atom. The minimum atomic E-state index is -0.0559. The zero-order chi connectivity index (χ0) is 16.4. The summed E-state index contributed by atoms with van der Waals surface area (Å²) >= 11 is 1.75. The largest absolute Gasteiger partial charge is 0.493 e. The number of ether oxygens (including phenoxy) is 3. The summed E-state index contributed by atoms with van der Waals surface area (Å²) in [5.41, 5.74) is 1.72. The molecule has 6 heteroatoms. The van der Waals surface area contributed by atoms with Gasteiger partial charge in [-0.05, 0) is 35.6 Å². The van der Waals surface area contributed by atoms with Gasteiger partial charge in [0.15, 0.2) is 11.5 Å². The molecule has 0 aliphatic carbocycles. The first-order chi connectivity index (χ1) is 11.2. The summed E-state index contributed by atoms with van der Waals surface area (Å²) in [6.07, 6.45) is 0.897. The van der Waals surface area contributed by atoms with Gasteiger partial charge in [-0.15, -0.1) is 11.3 Å². The quantitative estimate of drug-likeness (QED) is 0.863. The van der Waals surface area contributed by atoms with Crippen LogP contribution in [0, 0.1) is 0 Å². The van der Waals surface area contributed by atoms with E-state index in [0.717, 1.165) is 6.42 Å². The Balaban J connectivity index is 1.94. The first-order valence-electron chi connectivity index (χ1n) is 7.33. The third-order valence-corrected chi connectivity index (χ3v) is 5.05. The predicted molar refractivity (Wildman–Crippen MR) is 88.9 cm³/mol. The lowest BCUT2D eigenvalue weighted by Gasteiger charge is -2.28. The standard InChI is InChI=1S/C17H19NO4S/c1-20-13-5-4-12(15(21-2)16(13)22-3)17(19)18-8-6-14-11(10-18)7-9-23-14/h4-5,7,9H,6,8,10H2,1-3H3. The van der Waals surface area contributed by atoms with Gasteiger partial charge in [0.2, 0.25) is 5.75 Å². The number of hydrogen-bond donors (Lipinski definition) is 0. The minimum absolute atomic E-state index is 0.0559. The molecule has 1 amide bonds. The lowest BCUT2D eigenvalue weighted by atomic mass is 10.1. The number of nitrogens with zero attached hydrogens (tertiary/aromatic N) is 1. The van der Waals surface area contributed by atoms with Crippen molar-refractivity contribution in [3.05, 3.63) is 39.6 Å². The van der Waals surface area contributed by atoms with Gasteiger partial charge in [-0.25, -0.2) is 0 Å².